The van der Waals surface area contributed by atoms with Gasteiger partial charge in [0.1, 0.15) is 11.3 Å². The van der Waals surface area contributed by atoms with Gasteiger partial charge in [0.25, 0.3) is 0 Å². The van der Waals surface area contributed by atoms with Gasteiger partial charge in [0.2, 0.25) is 0 Å². The van der Waals surface area contributed by atoms with Crippen LogP contribution >= 0.6 is 0 Å². The van der Waals surface area contributed by atoms with Gasteiger partial charge in [-0.1, -0.05) is 12.1 Å². The molecule has 0 spiro atoms. The van der Waals surface area contributed by atoms with E-state index in [1.165, 1.54) is 18.2 Å². The first-order valence-electron chi connectivity index (χ1n) is 3.99. The van der Waals surface area contributed by atoms with E-state index >= 15 is 0 Å². The molecule has 5 nitrogen and oxygen atoms in total. The quantitative estimate of drug-likeness (QED) is 0.549. The number of phenols is 1. The molecular formula is C9H11NO4. The minimum Gasteiger partial charge on any atom is -0.507 e. The van der Waals surface area contributed by atoms with E-state index in [1.807, 2.05) is 0 Å². The molecule has 1 rings (SSSR count). The highest BCUT2D eigenvalue weighted by Gasteiger charge is 2.16. The minimum absolute atomic E-state index is 0.216. The third kappa shape index (κ3) is 1.84. The second-order valence-corrected chi connectivity index (χ2v) is 2.84. The van der Waals surface area contributed by atoms with Crippen molar-refractivity contribution in [3.8, 4) is 5.75 Å². The Labute approximate surface area is 80.4 Å². The van der Waals surface area contributed by atoms with Crippen molar-refractivity contribution in [3.63, 3.8) is 0 Å². The number of aliphatic hydroxyl groups excluding tert-OH is 1. The second-order valence-electron chi connectivity index (χ2n) is 2.84. The Bertz CT molecular complexity index is 351. The monoisotopic (exact) mass is 197 g/mol. The summed E-state index contributed by atoms with van der Waals surface area (Å²) >= 11 is 0. The Morgan fingerprint density at radius 2 is 2.14 bits per heavy atom. The van der Waals surface area contributed by atoms with Crippen LogP contribution in [0.15, 0.2) is 18.2 Å². The van der Waals surface area contributed by atoms with Crippen LogP contribution in [-0.4, -0.2) is 27.9 Å². The van der Waals surface area contributed by atoms with E-state index in [9.17, 15) is 9.90 Å². The van der Waals surface area contributed by atoms with Crippen molar-refractivity contribution in [2.24, 2.45) is 5.73 Å². The van der Waals surface area contributed by atoms with Gasteiger partial charge in [-0.2, -0.15) is 0 Å². The molecule has 0 aliphatic carbocycles. The standard InChI is InChI=1S/C9H11NO4/c10-7(4-11)5-2-1-3-6(8(5)12)9(13)14/h1-3,7,11-12H,4,10H2,(H,13,14). The van der Waals surface area contributed by atoms with Gasteiger partial charge >= 0.3 is 5.97 Å². The summed E-state index contributed by atoms with van der Waals surface area (Å²) in [6.07, 6.45) is 0. The maximum Gasteiger partial charge on any atom is 0.339 e. The Hall–Kier alpha value is -1.59. The molecule has 1 unspecified atom stereocenters. The number of carboxylic acid groups (broad SMARTS) is 1. The molecule has 0 fully saturated rings. The number of hydrogen-bond acceptors (Lipinski definition) is 4. The van der Waals surface area contributed by atoms with Crippen molar-refractivity contribution < 1.29 is 20.1 Å². The largest absolute Gasteiger partial charge is 0.507 e. The smallest absolute Gasteiger partial charge is 0.339 e. The number of hydrogen-bond donors (Lipinski definition) is 4. The number of carboxylic acids is 1. The molecule has 14 heavy (non-hydrogen) atoms. The molecule has 0 aliphatic heterocycles. The molecule has 0 aromatic heterocycles. The fourth-order valence-electron chi connectivity index (χ4n) is 1.13. The molecule has 0 radical (unpaired) electrons. The summed E-state index contributed by atoms with van der Waals surface area (Å²) in [5, 5.41) is 26.9. The highest BCUT2D eigenvalue weighted by molar-refractivity contribution is 5.91. The molecule has 0 heterocycles. The molecule has 0 aliphatic rings. The number of benzene rings is 1. The fourth-order valence-corrected chi connectivity index (χ4v) is 1.13. The fraction of sp³-hybridized carbons (Fsp3) is 0.222. The Morgan fingerprint density at radius 3 is 2.64 bits per heavy atom. The van der Waals surface area contributed by atoms with Crippen LogP contribution in [-0.2, 0) is 0 Å². The molecule has 0 saturated carbocycles. The summed E-state index contributed by atoms with van der Waals surface area (Å²) in [6.45, 7) is -0.351. The molecule has 0 saturated heterocycles. The van der Waals surface area contributed by atoms with Crippen LogP contribution < -0.4 is 5.73 Å². The van der Waals surface area contributed by atoms with Crippen molar-refractivity contribution in [1.29, 1.82) is 0 Å². The van der Waals surface area contributed by atoms with Gasteiger partial charge < -0.3 is 21.1 Å². The summed E-state index contributed by atoms with van der Waals surface area (Å²) in [5.41, 5.74) is 5.47. The maximum absolute atomic E-state index is 10.6. The lowest BCUT2D eigenvalue weighted by Gasteiger charge is -2.11. The van der Waals surface area contributed by atoms with Crippen molar-refractivity contribution in [2.45, 2.75) is 6.04 Å². The highest BCUT2D eigenvalue weighted by Crippen LogP contribution is 2.26. The van der Waals surface area contributed by atoms with E-state index < -0.39 is 12.0 Å². The zero-order chi connectivity index (χ0) is 10.7. The molecule has 0 bridgehead atoms. The topological polar surface area (TPSA) is 104 Å². The van der Waals surface area contributed by atoms with E-state index in [2.05, 4.69) is 0 Å². The summed E-state index contributed by atoms with van der Waals surface area (Å²) in [4.78, 5) is 10.6. The van der Waals surface area contributed by atoms with Crippen LogP contribution in [0.1, 0.15) is 22.0 Å². The normalized spacial score (nSPS) is 12.4. The van der Waals surface area contributed by atoms with Gasteiger partial charge in [-0.3, -0.25) is 0 Å². The number of rotatable bonds is 3. The number of para-hydroxylation sites is 1. The number of aliphatic hydroxyl groups is 1. The molecule has 0 amide bonds. The van der Waals surface area contributed by atoms with Gasteiger partial charge in [-0.15, -0.1) is 0 Å². The van der Waals surface area contributed by atoms with Crippen LogP contribution in [0.2, 0.25) is 0 Å². The maximum atomic E-state index is 10.6. The molecule has 1 atom stereocenters. The van der Waals surface area contributed by atoms with E-state index in [4.69, 9.17) is 15.9 Å². The van der Waals surface area contributed by atoms with Crippen molar-refractivity contribution in [2.75, 3.05) is 6.61 Å². The van der Waals surface area contributed by atoms with Crippen molar-refractivity contribution in [1.82, 2.24) is 0 Å². The molecule has 5 N–H and O–H groups in total. The van der Waals surface area contributed by atoms with E-state index in [1.54, 1.807) is 0 Å². The molecule has 1 aromatic carbocycles. The molecule has 76 valence electrons. The second kappa shape index (κ2) is 4.08. The zero-order valence-corrected chi connectivity index (χ0v) is 7.34. The van der Waals surface area contributed by atoms with Crippen LogP contribution in [0.25, 0.3) is 0 Å². The van der Waals surface area contributed by atoms with Crippen molar-refractivity contribution >= 4 is 5.97 Å². The SMILES string of the molecule is NC(CO)c1cccc(C(=O)O)c1O. The Morgan fingerprint density at radius 1 is 1.50 bits per heavy atom. The van der Waals surface area contributed by atoms with E-state index in [-0.39, 0.29) is 23.5 Å². The third-order valence-electron chi connectivity index (χ3n) is 1.89. The number of aromatic carboxylic acids is 1. The lowest BCUT2D eigenvalue weighted by molar-refractivity contribution is 0.0693. The lowest BCUT2D eigenvalue weighted by atomic mass is 10.0. The number of carbonyl (C=O) groups is 1. The van der Waals surface area contributed by atoms with Crippen LogP contribution in [0.5, 0.6) is 5.75 Å². The van der Waals surface area contributed by atoms with Gasteiger partial charge in [0, 0.05) is 5.56 Å². The average Bonchev–Trinajstić information content (AvgIpc) is 2.16. The summed E-state index contributed by atoms with van der Waals surface area (Å²) < 4.78 is 0. The minimum atomic E-state index is -1.23. The first-order chi connectivity index (χ1) is 6.57. The lowest BCUT2D eigenvalue weighted by Crippen LogP contribution is -2.15. The first-order valence-corrected chi connectivity index (χ1v) is 3.99. The predicted molar refractivity (Wildman–Crippen MR) is 49.1 cm³/mol. The summed E-state index contributed by atoms with van der Waals surface area (Å²) in [5.74, 6) is -1.61. The van der Waals surface area contributed by atoms with Crippen LogP contribution in [0, 0.1) is 0 Å². The van der Waals surface area contributed by atoms with Gasteiger partial charge in [0.05, 0.1) is 12.6 Å². The predicted octanol–water partition coefficient (Wildman–Crippen LogP) is 0.0825. The number of nitrogens with two attached hydrogens (primary N) is 1. The third-order valence-corrected chi connectivity index (χ3v) is 1.89. The number of aromatic hydroxyl groups is 1. The molecular weight excluding hydrogens is 186 g/mol. The van der Waals surface area contributed by atoms with Gasteiger partial charge in [0.15, 0.2) is 0 Å². The summed E-state index contributed by atoms with van der Waals surface area (Å²) in [7, 11) is 0. The molecule has 5 heteroatoms. The van der Waals surface area contributed by atoms with Crippen LogP contribution in [0.4, 0.5) is 0 Å². The van der Waals surface area contributed by atoms with E-state index in [0.717, 1.165) is 0 Å². The average molecular weight is 197 g/mol. The highest BCUT2D eigenvalue weighted by atomic mass is 16.4. The van der Waals surface area contributed by atoms with Crippen LogP contribution in [0.3, 0.4) is 0 Å². The van der Waals surface area contributed by atoms with E-state index in [0.29, 0.717) is 0 Å². The summed E-state index contributed by atoms with van der Waals surface area (Å²) in [6, 6.07) is 3.44. The Balaban J connectivity index is 3.20. The zero-order valence-electron chi connectivity index (χ0n) is 7.34. The van der Waals surface area contributed by atoms with Gasteiger partial charge in [-0.05, 0) is 6.07 Å². The molecule has 1 aromatic rings. The van der Waals surface area contributed by atoms with Gasteiger partial charge in [-0.25, -0.2) is 4.79 Å². The van der Waals surface area contributed by atoms with Crippen molar-refractivity contribution in [3.05, 3.63) is 29.3 Å². The Kier molecular flexibility index (Phi) is 3.06. The first kappa shape index (κ1) is 10.5.